The molecule has 1 aromatic rings. The molecule has 3 atom stereocenters. The van der Waals surface area contributed by atoms with Gasteiger partial charge in [0.25, 0.3) is 0 Å². The van der Waals surface area contributed by atoms with Gasteiger partial charge in [-0.05, 0) is 99.5 Å². The molecule has 2 bridgehead atoms. The van der Waals surface area contributed by atoms with E-state index >= 15 is 0 Å². The maximum atomic E-state index is 6.41. The summed E-state index contributed by atoms with van der Waals surface area (Å²) in [4.78, 5) is 14.5. The zero-order chi connectivity index (χ0) is 15.3. The molecule has 1 spiro atoms. The van der Waals surface area contributed by atoms with Gasteiger partial charge in [0.05, 0.1) is 0 Å². The fourth-order valence-corrected chi connectivity index (χ4v) is 7.19. The number of hydrogen-bond acceptors (Lipinski definition) is 3. The molecule has 0 radical (unpaired) electrons. The Morgan fingerprint density at radius 3 is 2.13 bits per heavy atom. The molecule has 6 fully saturated rings. The molecule has 6 saturated carbocycles. The van der Waals surface area contributed by atoms with Crippen molar-refractivity contribution >= 4 is 11.6 Å². The number of aromatic nitrogens is 3. The Bertz CT molecular complexity index is 676. The van der Waals surface area contributed by atoms with Crippen molar-refractivity contribution in [1.29, 1.82) is 0 Å². The van der Waals surface area contributed by atoms with Crippen molar-refractivity contribution in [3.05, 3.63) is 16.9 Å². The lowest BCUT2D eigenvalue weighted by atomic mass is 9.57. The first-order valence-corrected chi connectivity index (χ1v) is 9.96. The molecule has 0 saturated heterocycles. The van der Waals surface area contributed by atoms with Crippen molar-refractivity contribution < 1.29 is 0 Å². The van der Waals surface area contributed by atoms with Crippen LogP contribution in [0.5, 0.6) is 0 Å². The molecule has 4 heteroatoms. The second-order valence-electron chi connectivity index (χ2n) is 9.19. The summed E-state index contributed by atoms with van der Waals surface area (Å²) in [5, 5.41) is 0.451. The Hall–Kier alpha value is -0.700. The molecule has 23 heavy (non-hydrogen) atoms. The fraction of sp³-hybridized carbons (Fsp3) is 0.842. The van der Waals surface area contributed by atoms with Gasteiger partial charge in [0.2, 0.25) is 5.28 Å². The van der Waals surface area contributed by atoms with Gasteiger partial charge in [-0.3, -0.25) is 0 Å². The standard InChI is InChI=1S/C19H24ClN3/c20-16-22-14(17-5-1-12(2-6-17)3-7-17)21-15(23-16)18-8-4-13-11-19(13,18)10-9-18/h12-13H,1-11H2. The molecule has 7 rings (SSSR count). The molecule has 122 valence electrons. The fourth-order valence-electron chi connectivity index (χ4n) is 7.03. The van der Waals surface area contributed by atoms with Gasteiger partial charge in [0, 0.05) is 10.8 Å². The first kappa shape index (κ1) is 13.6. The van der Waals surface area contributed by atoms with Crippen molar-refractivity contribution in [3.63, 3.8) is 0 Å². The van der Waals surface area contributed by atoms with E-state index in [9.17, 15) is 0 Å². The Balaban J connectivity index is 1.45. The predicted octanol–water partition coefficient (Wildman–Crippen LogP) is 4.58. The first-order valence-electron chi connectivity index (χ1n) is 9.59. The van der Waals surface area contributed by atoms with Gasteiger partial charge in [-0.15, -0.1) is 0 Å². The van der Waals surface area contributed by atoms with E-state index in [0.717, 1.165) is 23.5 Å². The van der Waals surface area contributed by atoms with Crippen LogP contribution in [0.15, 0.2) is 0 Å². The lowest BCUT2D eigenvalue weighted by Crippen LogP contribution is -2.47. The SMILES string of the molecule is Clc1nc(C23CCC(CC2)CC3)nc(C23CCC4CC42CC3)n1. The summed E-state index contributed by atoms with van der Waals surface area (Å²) in [6, 6.07) is 0. The smallest absolute Gasteiger partial charge is 0.217 e. The highest BCUT2D eigenvalue weighted by Crippen LogP contribution is 2.81. The summed E-state index contributed by atoms with van der Waals surface area (Å²) < 4.78 is 0. The summed E-state index contributed by atoms with van der Waals surface area (Å²) in [5.74, 6) is 4.04. The molecule has 3 nitrogen and oxygen atoms in total. The predicted molar refractivity (Wildman–Crippen MR) is 88.4 cm³/mol. The van der Waals surface area contributed by atoms with Crippen LogP contribution in [-0.2, 0) is 10.8 Å². The third kappa shape index (κ3) is 1.52. The number of rotatable bonds is 2. The lowest BCUT2D eigenvalue weighted by Gasteiger charge is -2.48. The van der Waals surface area contributed by atoms with E-state index in [2.05, 4.69) is 9.97 Å². The maximum Gasteiger partial charge on any atom is 0.225 e. The molecule has 0 aromatic carbocycles. The van der Waals surface area contributed by atoms with Crippen LogP contribution < -0.4 is 0 Å². The second kappa shape index (κ2) is 4.09. The molecule has 0 amide bonds. The Morgan fingerprint density at radius 2 is 1.52 bits per heavy atom. The summed E-state index contributed by atoms with van der Waals surface area (Å²) in [5.41, 5.74) is 1.05. The van der Waals surface area contributed by atoms with E-state index in [1.54, 1.807) is 0 Å². The van der Waals surface area contributed by atoms with Gasteiger partial charge in [0.1, 0.15) is 11.6 Å². The average molecular weight is 330 g/mol. The highest BCUT2D eigenvalue weighted by atomic mass is 35.5. The topological polar surface area (TPSA) is 38.7 Å². The highest BCUT2D eigenvalue weighted by Gasteiger charge is 2.76. The number of nitrogens with zero attached hydrogens (tertiary/aromatic N) is 3. The third-order valence-corrected chi connectivity index (χ3v) is 8.88. The van der Waals surface area contributed by atoms with Crippen LogP contribution in [0.3, 0.4) is 0 Å². The van der Waals surface area contributed by atoms with Gasteiger partial charge in [-0.25, -0.2) is 15.0 Å². The zero-order valence-corrected chi connectivity index (χ0v) is 14.4. The van der Waals surface area contributed by atoms with Crippen molar-refractivity contribution in [2.24, 2.45) is 17.3 Å². The normalized spacial score (nSPS) is 49.4. The molecule has 3 unspecified atom stereocenters. The van der Waals surface area contributed by atoms with Crippen LogP contribution >= 0.6 is 11.6 Å². The van der Waals surface area contributed by atoms with E-state index in [0.29, 0.717) is 10.7 Å². The molecule has 1 aromatic heterocycles. The summed E-state index contributed by atoms with van der Waals surface area (Å²) >= 11 is 6.41. The molecular formula is C19H24ClN3. The van der Waals surface area contributed by atoms with E-state index in [1.807, 2.05) is 0 Å². The minimum absolute atomic E-state index is 0.213. The minimum atomic E-state index is 0.213. The van der Waals surface area contributed by atoms with Gasteiger partial charge in [-0.2, -0.15) is 0 Å². The summed E-state index contributed by atoms with van der Waals surface area (Å²) in [6.07, 6.45) is 14.6. The molecule has 0 N–H and O–H groups in total. The van der Waals surface area contributed by atoms with Crippen LogP contribution in [-0.4, -0.2) is 15.0 Å². The van der Waals surface area contributed by atoms with Crippen molar-refractivity contribution in [1.82, 2.24) is 15.0 Å². The molecule has 1 heterocycles. The molecule has 6 aliphatic rings. The summed E-state index contributed by atoms with van der Waals surface area (Å²) in [6.45, 7) is 0. The Morgan fingerprint density at radius 1 is 0.783 bits per heavy atom. The largest absolute Gasteiger partial charge is 0.225 e. The van der Waals surface area contributed by atoms with Crippen LogP contribution in [0.4, 0.5) is 0 Å². The van der Waals surface area contributed by atoms with E-state index in [1.165, 1.54) is 70.6 Å². The van der Waals surface area contributed by atoms with Gasteiger partial charge in [-0.1, -0.05) is 0 Å². The number of fused-ring (bicyclic) bond motifs is 3. The third-order valence-electron chi connectivity index (χ3n) is 8.71. The second-order valence-corrected chi connectivity index (χ2v) is 9.53. The Kier molecular flexibility index (Phi) is 2.42. The van der Waals surface area contributed by atoms with Gasteiger partial charge in [0.15, 0.2) is 0 Å². The zero-order valence-electron chi connectivity index (χ0n) is 13.7. The monoisotopic (exact) mass is 329 g/mol. The van der Waals surface area contributed by atoms with Crippen LogP contribution in [0.2, 0.25) is 5.28 Å². The van der Waals surface area contributed by atoms with Crippen LogP contribution in [0.25, 0.3) is 0 Å². The van der Waals surface area contributed by atoms with Crippen LogP contribution in [0, 0.1) is 17.3 Å². The van der Waals surface area contributed by atoms with Crippen molar-refractivity contribution in [2.45, 2.75) is 81.5 Å². The number of halogens is 1. The number of hydrogen-bond donors (Lipinski definition) is 0. The average Bonchev–Trinajstić information content (AvgIpc) is 3.28. The van der Waals surface area contributed by atoms with E-state index < -0.39 is 0 Å². The van der Waals surface area contributed by atoms with Gasteiger partial charge < -0.3 is 0 Å². The summed E-state index contributed by atoms with van der Waals surface area (Å²) in [7, 11) is 0. The van der Waals surface area contributed by atoms with Crippen molar-refractivity contribution in [3.8, 4) is 0 Å². The van der Waals surface area contributed by atoms with Crippen LogP contribution in [0.1, 0.15) is 82.3 Å². The van der Waals surface area contributed by atoms with Crippen molar-refractivity contribution in [2.75, 3.05) is 0 Å². The highest BCUT2D eigenvalue weighted by molar-refractivity contribution is 6.28. The van der Waals surface area contributed by atoms with E-state index in [4.69, 9.17) is 16.6 Å². The van der Waals surface area contributed by atoms with E-state index in [-0.39, 0.29) is 10.8 Å². The maximum absolute atomic E-state index is 6.41. The van der Waals surface area contributed by atoms with Gasteiger partial charge >= 0.3 is 0 Å². The quantitative estimate of drug-likeness (QED) is 0.797. The Labute approximate surface area is 142 Å². The first-order chi connectivity index (χ1) is 11.2. The molecule has 6 aliphatic carbocycles. The molecule has 0 aliphatic heterocycles. The molecular weight excluding hydrogens is 306 g/mol. The minimum Gasteiger partial charge on any atom is -0.217 e. The lowest BCUT2D eigenvalue weighted by molar-refractivity contribution is 0.0943.